The molecular formula is C67H67Cl3O10. The van der Waals surface area contributed by atoms with Crippen LogP contribution in [0.15, 0.2) is 170 Å². The van der Waals surface area contributed by atoms with Crippen molar-refractivity contribution >= 4 is 86.2 Å². The molecule has 0 aliphatic heterocycles. The summed E-state index contributed by atoms with van der Waals surface area (Å²) in [6, 6.07) is 51.4. The van der Waals surface area contributed by atoms with Crippen molar-refractivity contribution in [1.29, 1.82) is 0 Å². The molecule has 10 nitrogen and oxygen atoms in total. The standard InChI is InChI=1S/2C24H23ClO4.C19H21ClO2/c1-15(2)12-22(25)24(27)29-21-11-9-18-13-20(10-8-19(18)14-21)28-23(26)17-6-4-16(3)5-7-17;1-15(2)12-22(25)24(27)28-20-9-6-17(7-10-20)23(26)29-21-11-8-18-13-16(3)4-5-19(18)14-21;1-13(2)12-18(20)19(21)22-17-10-8-16(9-11-17)15-6-4-14(3)5-7-15/h2*4-11,13-15,22H,12H2,1-3H3;4-11,13,18H,12H2,1-3H3. The number of hydrogen-bond donors (Lipinski definition) is 0. The highest BCUT2D eigenvalue weighted by atomic mass is 35.5. The van der Waals surface area contributed by atoms with Crippen LogP contribution in [0.1, 0.15) is 98.2 Å². The smallest absolute Gasteiger partial charge is 0.343 e. The normalized spacial score (nSPS) is 12.1. The summed E-state index contributed by atoms with van der Waals surface area (Å²) in [5.74, 6) is 0.939. The van der Waals surface area contributed by atoms with Crippen molar-refractivity contribution in [3.05, 3.63) is 198 Å². The van der Waals surface area contributed by atoms with Crippen LogP contribution >= 0.6 is 34.8 Å². The van der Waals surface area contributed by atoms with Gasteiger partial charge in [0, 0.05) is 0 Å². The van der Waals surface area contributed by atoms with Crippen LogP contribution < -0.4 is 23.7 Å². The number of fused-ring (bicyclic) bond motifs is 2. The van der Waals surface area contributed by atoms with Crippen molar-refractivity contribution in [3.63, 3.8) is 0 Å². The lowest BCUT2D eigenvalue weighted by Crippen LogP contribution is -2.22. The van der Waals surface area contributed by atoms with Gasteiger partial charge in [-0.15, -0.1) is 34.8 Å². The molecule has 0 saturated carbocycles. The lowest BCUT2D eigenvalue weighted by atomic mass is 10.0. The van der Waals surface area contributed by atoms with Gasteiger partial charge in [0.05, 0.1) is 11.1 Å². The van der Waals surface area contributed by atoms with Gasteiger partial charge < -0.3 is 23.7 Å². The Morgan fingerprint density at radius 3 is 0.963 bits per heavy atom. The van der Waals surface area contributed by atoms with Crippen LogP contribution in [0.4, 0.5) is 0 Å². The first-order valence-corrected chi connectivity index (χ1v) is 27.8. The van der Waals surface area contributed by atoms with Gasteiger partial charge in [0.1, 0.15) is 44.9 Å². The molecule has 8 aromatic rings. The number of benzene rings is 8. The Morgan fingerprint density at radius 1 is 0.325 bits per heavy atom. The number of alkyl halides is 3. The van der Waals surface area contributed by atoms with Gasteiger partial charge in [-0.3, -0.25) is 14.4 Å². The molecular weight excluding hydrogens is 1070 g/mol. The molecule has 0 saturated heterocycles. The summed E-state index contributed by atoms with van der Waals surface area (Å²) in [6.07, 6.45) is 1.71. The number of hydrogen-bond acceptors (Lipinski definition) is 10. The quantitative estimate of drug-likeness (QED) is 0.0493. The lowest BCUT2D eigenvalue weighted by Gasteiger charge is -2.12. The molecule has 0 radical (unpaired) electrons. The minimum absolute atomic E-state index is 0.293. The van der Waals surface area contributed by atoms with Gasteiger partial charge in [-0.05, 0) is 175 Å². The Kier molecular flexibility index (Phi) is 22.9. The third kappa shape index (κ3) is 19.4. The van der Waals surface area contributed by atoms with E-state index in [1.165, 1.54) is 11.1 Å². The van der Waals surface area contributed by atoms with Crippen molar-refractivity contribution in [3.8, 4) is 39.9 Å². The molecule has 3 unspecified atom stereocenters. The number of ether oxygens (including phenoxy) is 5. The van der Waals surface area contributed by atoms with Crippen LogP contribution in [0, 0.1) is 38.5 Å². The second kappa shape index (κ2) is 29.6. The van der Waals surface area contributed by atoms with Gasteiger partial charge in [0.2, 0.25) is 0 Å². The molecule has 0 bridgehead atoms. The van der Waals surface area contributed by atoms with Crippen molar-refractivity contribution in [1.82, 2.24) is 0 Å². The fourth-order valence-electron chi connectivity index (χ4n) is 7.95. The fraction of sp³-hybridized carbons (Fsp3) is 0.269. The Hall–Kier alpha value is -7.50. The Bertz CT molecular complexity index is 3370. The highest BCUT2D eigenvalue weighted by molar-refractivity contribution is 6.30. The topological polar surface area (TPSA) is 132 Å². The predicted molar refractivity (Wildman–Crippen MR) is 321 cm³/mol. The summed E-state index contributed by atoms with van der Waals surface area (Å²) in [6.45, 7) is 18.1. The van der Waals surface area contributed by atoms with Gasteiger partial charge in [0.15, 0.2) is 0 Å². The Labute approximate surface area is 484 Å². The molecule has 0 amide bonds. The number of aryl methyl sites for hydroxylation is 3. The minimum Gasteiger partial charge on any atom is -0.425 e. The SMILES string of the molecule is Cc1ccc(-c2ccc(OC(=O)C(Cl)CC(C)C)cc2)cc1.Cc1ccc(C(=O)Oc2ccc3cc(OC(=O)C(Cl)CC(C)C)ccc3c2)cc1.Cc1ccc2cc(OC(=O)c3ccc(OC(=O)C(Cl)CC(C)C)cc3)ccc2c1. The fourth-order valence-corrected chi connectivity index (χ4v) is 9.15. The van der Waals surface area contributed by atoms with Gasteiger partial charge in [-0.2, -0.15) is 0 Å². The van der Waals surface area contributed by atoms with Crippen LogP contribution in [0.5, 0.6) is 28.7 Å². The molecule has 416 valence electrons. The molecule has 8 aromatic carbocycles. The van der Waals surface area contributed by atoms with Crippen molar-refractivity contribution in [2.75, 3.05) is 0 Å². The van der Waals surface area contributed by atoms with E-state index in [0.29, 0.717) is 76.9 Å². The first kappa shape index (κ1) is 61.7. The maximum absolute atomic E-state index is 12.4. The van der Waals surface area contributed by atoms with Crippen LogP contribution in [-0.2, 0) is 14.4 Å². The zero-order chi connectivity index (χ0) is 58.0. The maximum atomic E-state index is 12.4. The van der Waals surface area contributed by atoms with Crippen molar-refractivity contribution in [2.24, 2.45) is 17.8 Å². The molecule has 0 aliphatic carbocycles. The molecule has 80 heavy (non-hydrogen) atoms. The molecule has 0 aliphatic rings. The number of esters is 5. The zero-order valence-electron chi connectivity index (χ0n) is 46.5. The van der Waals surface area contributed by atoms with E-state index in [-0.39, 0.29) is 0 Å². The first-order chi connectivity index (χ1) is 38.1. The van der Waals surface area contributed by atoms with E-state index in [4.69, 9.17) is 58.5 Å². The van der Waals surface area contributed by atoms with E-state index < -0.39 is 46.0 Å². The van der Waals surface area contributed by atoms with Crippen LogP contribution in [0.2, 0.25) is 0 Å². The van der Waals surface area contributed by atoms with E-state index in [1.807, 2.05) is 116 Å². The second-order valence-electron chi connectivity index (χ2n) is 20.8. The predicted octanol–water partition coefficient (Wildman–Crippen LogP) is 17.1. The minimum atomic E-state index is -0.698. The van der Waals surface area contributed by atoms with Crippen LogP contribution in [0.3, 0.4) is 0 Å². The van der Waals surface area contributed by atoms with Crippen LogP contribution in [-0.4, -0.2) is 46.0 Å². The third-order valence-corrected chi connectivity index (χ3v) is 13.3. The van der Waals surface area contributed by atoms with E-state index in [9.17, 15) is 24.0 Å². The molecule has 13 heteroatoms. The molecule has 0 heterocycles. The van der Waals surface area contributed by atoms with Crippen molar-refractivity contribution < 1.29 is 47.7 Å². The second-order valence-corrected chi connectivity index (χ2v) is 22.4. The van der Waals surface area contributed by atoms with Gasteiger partial charge in [-0.1, -0.05) is 143 Å². The number of rotatable bonds is 17. The monoisotopic (exact) mass is 1140 g/mol. The summed E-state index contributed by atoms with van der Waals surface area (Å²) in [5.41, 5.74) is 6.56. The Balaban J connectivity index is 0.000000196. The lowest BCUT2D eigenvalue weighted by molar-refractivity contribution is -0.135. The number of halogens is 3. The molecule has 0 fully saturated rings. The van der Waals surface area contributed by atoms with Crippen molar-refractivity contribution in [2.45, 2.75) is 97.7 Å². The Morgan fingerprint density at radius 2 is 0.588 bits per heavy atom. The highest BCUT2D eigenvalue weighted by Crippen LogP contribution is 2.29. The average Bonchev–Trinajstić information content (AvgIpc) is 3.43. The number of carbonyl (C=O) groups is 5. The molecule has 0 N–H and O–H groups in total. The van der Waals surface area contributed by atoms with E-state index in [0.717, 1.165) is 38.2 Å². The van der Waals surface area contributed by atoms with Gasteiger partial charge in [0.25, 0.3) is 0 Å². The molecule has 3 atom stereocenters. The zero-order valence-corrected chi connectivity index (χ0v) is 48.7. The first-order valence-electron chi connectivity index (χ1n) is 26.5. The summed E-state index contributed by atoms with van der Waals surface area (Å²) >= 11 is 18.2. The van der Waals surface area contributed by atoms with E-state index >= 15 is 0 Å². The van der Waals surface area contributed by atoms with Gasteiger partial charge in [-0.25, -0.2) is 9.59 Å². The molecule has 8 rings (SSSR count). The molecule has 0 spiro atoms. The maximum Gasteiger partial charge on any atom is 0.343 e. The van der Waals surface area contributed by atoms with E-state index in [2.05, 4.69) is 37.3 Å². The molecule has 0 aromatic heterocycles. The summed E-state index contributed by atoms with van der Waals surface area (Å²) in [4.78, 5) is 60.7. The summed E-state index contributed by atoms with van der Waals surface area (Å²) in [7, 11) is 0. The van der Waals surface area contributed by atoms with E-state index in [1.54, 1.807) is 78.9 Å². The third-order valence-electron chi connectivity index (χ3n) is 12.2. The number of carbonyl (C=O) groups excluding carboxylic acids is 5. The average molecular weight is 1140 g/mol. The largest absolute Gasteiger partial charge is 0.425 e. The summed E-state index contributed by atoms with van der Waals surface area (Å²) < 4.78 is 26.9. The van der Waals surface area contributed by atoms with Gasteiger partial charge >= 0.3 is 29.8 Å². The summed E-state index contributed by atoms with van der Waals surface area (Å²) in [5, 5.41) is 1.85. The highest BCUT2D eigenvalue weighted by Gasteiger charge is 2.22. The van der Waals surface area contributed by atoms with Crippen LogP contribution in [0.25, 0.3) is 32.7 Å².